The Balaban J connectivity index is 2.70. The van der Waals surface area contributed by atoms with Crippen molar-refractivity contribution in [2.24, 2.45) is 0 Å². The summed E-state index contributed by atoms with van der Waals surface area (Å²) in [6, 6.07) is 4.52. The van der Waals surface area contributed by atoms with Gasteiger partial charge in [-0.15, -0.1) is 0 Å². The van der Waals surface area contributed by atoms with E-state index in [1.807, 2.05) is 6.08 Å². The molecule has 0 fully saturated rings. The smallest absolute Gasteiger partial charge is 0.292 e. The number of rotatable bonds is 4. The van der Waals surface area contributed by atoms with E-state index in [1.165, 1.54) is 30.8 Å². The molecule has 5 nitrogen and oxygen atoms in total. The fourth-order valence-corrected chi connectivity index (χ4v) is 1.62. The van der Waals surface area contributed by atoms with Gasteiger partial charge in [0.05, 0.1) is 4.92 Å². The van der Waals surface area contributed by atoms with Crippen LogP contribution in [0.2, 0.25) is 0 Å². The van der Waals surface area contributed by atoms with Gasteiger partial charge in [-0.25, -0.2) is 0 Å². The lowest BCUT2D eigenvalue weighted by atomic mass is 10.1. The third kappa shape index (κ3) is 4.28. The molecule has 0 aromatic heterocycles. The molecule has 0 aliphatic heterocycles. The Morgan fingerprint density at radius 2 is 2.29 bits per heavy atom. The van der Waals surface area contributed by atoms with Crippen LogP contribution < -0.4 is 5.73 Å². The van der Waals surface area contributed by atoms with Crippen molar-refractivity contribution in [1.82, 2.24) is 0 Å². The monoisotopic (exact) mass is 252 g/mol. The number of nitrogen functional groups attached to an aromatic ring is 1. The van der Waals surface area contributed by atoms with E-state index in [2.05, 4.69) is 0 Å². The standard InChI is InChI=1S/C11H12N2O3S/c1-8(14)17-6-2-3-9-4-5-11(13(15)16)10(12)7-9/h2-5,7H,6,12H2,1H3. The highest BCUT2D eigenvalue weighted by atomic mass is 32.2. The molecule has 2 N–H and O–H groups in total. The number of anilines is 1. The van der Waals surface area contributed by atoms with E-state index < -0.39 is 4.92 Å². The quantitative estimate of drug-likeness (QED) is 0.505. The zero-order valence-electron chi connectivity index (χ0n) is 9.25. The van der Waals surface area contributed by atoms with Crippen molar-refractivity contribution in [2.75, 3.05) is 11.5 Å². The summed E-state index contributed by atoms with van der Waals surface area (Å²) in [5.74, 6) is 0.576. The van der Waals surface area contributed by atoms with Gasteiger partial charge < -0.3 is 5.73 Å². The molecule has 0 radical (unpaired) electrons. The summed E-state index contributed by atoms with van der Waals surface area (Å²) in [6.45, 7) is 1.50. The lowest BCUT2D eigenvalue weighted by molar-refractivity contribution is -0.383. The summed E-state index contributed by atoms with van der Waals surface area (Å²) >= 11 is 1.20. The largest absolute Gasteiger partial charge is 0.393 e. The minimum atomic E-state index is -0.519. The summed E-state index contributed by atoms with van der Waals surface area (Å²) in [5.41, 5.74) is 6.35. The van der Waals surface area contributed by atoms with Crippen LogP contribution in [0.5, 0.6) is 0 Å². The van der Waals surface area contributed by atoms with Crippen LogP contribution in [-0.2, 0) is 4.79 Å². The second-order valence-electron chi connectivity index (χ2n) is 3.28. The molecule has 1 rings (SSSR count). The molecule has 0 amide bonds. The lowest BCUT2D eigenvalue weighted by Crippen LogP contribution is -1.95. The molecule has 0 heterocycles. The third-order valence-electron chi connectivity index (χ3n) is 1.94. The highest BCUT2D eigenvalue weighted by Gasteiger charge is 2.09. The van der Waals surface area contributed by atoms with Crippen LogP contribution in [0.4, 0.5) is 11.4 Å². The molecule has 0 aliphatic rings. The average Bonchev–Trinajstić information content (AvgIpc) is 2.23. The normalized spacial score (nSPS) is 10.6. The highest BCUT2D eigenvalue weighted by Crippen LogP contribution is 2.22. The molecule has 0 saturated carbocycles. The van der Waals surface area contributed by atoms with Crippen molar-refractivity contribution in [3.8, 4) is 0 Å². The lowest BCUT2D eigenvalue weighted by Gasteiger charge is -1.98. The number of nitrogens with two attached hydrogens (primary N) is 1. The molecule has 0 bridgehead atoms. The number of nitro benzene ring substituents is 1. The second-order valence-corrected chi connectivity index (χ2v) is 4.48. The van der Waals surface area contributed by atoms with Gasteiger partial charge in [-0.1, -0.05) is 23.9 Å². The first-order valence-corrected chi connectivity index (χ1v) is 5.83. The molecule has 0 spiro atoms. The Kier molecular flexibility index (Phi) is 4.71. The number of carbonyl (C=O) groups is 1. The van der Waals surface area contributed by atoms with Crippen molar-refractivity contribution < 1.29 is 9.72 Å². The van der Waals surface area contributed by atoms with Crippen LogP contribution in [0, 0.1) is 10.1 Å². The van der Waals surface area contributed by atoms with Crippen molar-refractivity contribution in [2.45, 2.75) is 6.92 Å². The number of carbonyl (C=O) groups excluding carboxylic acids is 1. The molecule has 1 aromatic rings. The first kappa shape index (κ1) is 13.2. The topological polar surface area (TPSA) is 86.2 Å². The Labute approximate surface area is 103 Å². The molecule has 0 atom stereocenters. The number of nitrogens with zero attached hydrogens (tertiary/aromatic N) is 1. The van der Waals surface area contributed by atoms with Crippen molar-refractivity contribution in [3.05, 3.63) is 40.0 Å². The van der Waals surface area contributed by atoms with Crippen LogP contribution >= 0.6 is 11.8 Å². The molecule has 6 heteroatoms. The molecule has 17 heavy (non-hydrogen) atoms. The Hall–Kier alpha value is -1.82. The van der Waals surface area contributed by atoms with Crippen molar-refractivity contribution in [3.63, 3.8) is 0 Å². The van der Waals surface area contributed by atoms with Crippen molar-refractivity contribution in [1.29, 1.82) is 0 Å². The van der Waals surface area contributed by atoms with E-state index in [0.29, 0.717) is 5.75 Å². The molecular formula is C11H12N2O3S. The highest BCUT2D eigenvalue weighted by molar-refractivity contribution is 8.13. The van der Waals surface area contributed by atoms with Crippen LogP contribution in [0.3, 0.4) is 0 Å². The van der Waals surface area contributed by atoms with E-state index in [0.717, 1.165) is 5.56 Å². The van der Waals surface area contributed by atoms with Gasteiger partial charge in [-0.3, -0.25) is 14.9 Å². The summed E-state index contributed by atoms with van der Waals surface area (Å²) in [6.07, 6.45) is 3.59. The van der Waals surface area contributed by atoms with E-state index in [9.17, 15) is 14.9 Å². The van der Waals surface area contributed by atoms with Gasteiger partial charge in [-0.05, 0) is 17.7 Å². The summed E-state index contributed by atoms with van der Waals surface area (Å²) in [5, 5.41) is 10.6. The Morgan fingerprint density at radius 1 is 1.59 bits per heavy atom. The molecule has 1 aromatic carbocycles. The van der Waals surface area contributed by atoms with Crippen LogP contribution in [0.15, 0.2) is 24.3 Å². The maximum Gasteiger partial charge on any atom is 0.292 e. The minimum absolute atomic E-state index is 0.0536. The minimum Gasteiger partial charge on any atom is -0.393 e. The Bertz CT molecular complexity index is 472. The van der Waals surface area contributed by atoms with Gasteiger partial charge >= 0.3 is 0 Å². The SMILES string of the molecule is CC(=O)SCC=Cc1ccc([N+](=O)[O-])c(N)c1. The second kappa shape index (κ2) is 6.05. The van der Waals surface area contributed by atoms with E-state index in [1.54, 1.807) is 12.1 Å². The number of nitro groups is 1. The zero-order chi connectivity index (χ0) is 12.8. The zero-order valence-corrected chi connectivity index (χ0v) is 10.1. The fourth-order valence-electron chi connectivity index (χ4n) is 1.19. The fraction of sp³-hybridized carbons (Fsp3) is 0.182. The summed E-state index contributed by atoms with van der Waals surface area (Å²) in [7, 11) is 0. The van der Waals surface area contributed by atoms with Gasteiger partial charge in [0.25, 0.3) is 5.69 Å². The van der Waals surface area contributed by atoms with Gasteiger partial charge in [0.15, 0.2) is 5.12 Å². The van der Waals surface area contributed by atoms with E-state index in [4.69, 9.17) is 5.73 Å². The predicted molar refractivity (Wildman–Crippen MR) is 69.7 cm³/mol. The van der Waals surface area contributed by atoms with Crippen LogP contribution in [0.25, 0.3) is 6.08 Å². The Morgan fingerprint density at radius 3 is 2.82 bits per heavy atom. The van der Waals surface area contributed by atoms with Gasteiger partial charge in [0, 0.05) is 18.7 Å². The first-order chi connectivity index (χ1) is 8.00. The summed E-state index contributed by atoms with van der Waals surface area (Å²) < 4.78 is 0. The van der Waals surface area contributed by atoms with E-state index >= 15 is 0 Å². The third-order valence-corrected chi connectivity index (χ3v) is 2.71. The first-order valence-electron chi connectivity index (χ1n) is 4.84. The molecule has 0 unspecified atom stereocenters. The molecule has 90 valence electrons. The van der Waals surface area contributed by atoms with E-state index in [-0.39, 0.29) is 16.5 Å². The maximum atomic E-state index is 10.7. The van der Waals surface area contributed by atoms with Crippen molar-refractivity contribution >= 4 is 34.3 Å². The van der Waals surface area contributed by atoms with Crippen LogP contribution in [-0.4, -0.2) is 15.8 Å². The molecule has 0 aliphatic carbocycles. The van der Waals surface area contributed by atoms with Gasteiger partial charge in [-0.2, -0.15) is 0 Å². The van der Waals surface area contributed by atoms with Gasteiger partial charge in [0.2, 0.25) is 0 Å². The average molecular weight is 252 g/mol. The number of benzene rings is 1. The summed E-state index contributed by atoms with van der Waals surface area (Å²) in [4.78, 5) is 20.7. The number of hydrogen-bond donors (Lipinski definition) is 1. The van der Waals surface area contributed by atoms with Crippen LogP contribution in [0.1, 0.15) is 12.5 Å². The predicted octanol–water partition coefficient (Wildman–Crippen LogP) is 2.47. The number of hydrogen-bond acceptors (Lipinski definition) is 5. The molecular weight excluding hydrogens is 240 g/mol. The maximum absolute atomic E-state index is 10.7. The molecule has 0 saturated heterocycles. The van der Waals surface area contributed by atoms with Gasteiger partial charge in [0.1, 0.15) is 5.69 Å². The number of thioether (sulfide) groups is 1.